The number of hydrogen-bond acceptors (Lipinski definition) is 13. The maximum absolute atomic E-state index is 14.8. The summed E-state index contributed by atoms with van der Waals surface area (Å²) in [5, 5.41) is 14.0. The highest BCUT2D eigenvalue weighted by molar-refractivity contribution is 7.49. The van der Waals surface area contributed by atoms with Gasteiger partial charge in [0.15, 0.2) is 17.2 Å². The van der Waals surface area contributed by atoms with E-state index in [0.717, 1.165) is 25.3 Å². The predicted molar refractivity (Wildman–Crippen MR) is 246 cm³/mol. The third kappa shape index (κ3) is 13.9. The molecule has 65 heavy (non-hydrogen) atoms. The predicted octanol–water partition coefficient (Wildman–Crippen LogP) is 11.4. The van der Waals surface area contributed by atoms with E-state index in [0.29, 0.717) is 29.2 Å². The van der Waals surface area contributed by atoms with Gasteiger partial charge in [-0.1, -0.05) is 114 Å². The van der Waals surface area contributed by atoms with Gasteiger partial charge in [0.2, 0.25) is 0 Å². The van der Waals surface area contributed by atoms with Crippen molar-refractivity contribution in [2.75, 3.05) is 38.8 Å². The summed E-state index contributed by atoms with van der Waals surface area (Å²) in [6.45, 7) is 7.49. The minimum absolute atomic E-state index is 0.0354. The molecule has 0 spiro atoms. The van der Waals surface area contributed by atoms with Crippen molar-refractivity contribution in [3.63, 3.8) is 0 Å². The monoisotopic (exact) mass is 941 g/mol. The Bertz CT molecular complexity index is 2230. The van der Waals surface area contributed by atoms with Crippen LogP contribution in [0, 0.1) is 17.1 Å². The standard InChI is InChI=1S/C48H66ClFN5O9P/c1-5-6-7-8-9-10-11-12-13-14-15-16-17-20-25-57-31-39(58-30-37-26-36(29-51)27-38(50)28-37)32-60-65(56,63-42-22-19-18-21-40(42)49)61-33-47(4)45-48(34-59-47,64-46(2,3)62-45)43-24-23-41-44(52)53-35-54-55(41)43/h18-19,21-24,26-28,35,39,45H,5-17,20,25,30-34H2,1-4H3,(H2,52,53,54)/t39-,45+,47+,48+,65?/m0/s1. The first-order valence-electron chi connectivity index (χ1n) is 23.1. The van der Waals surface area contributed by atoms with Crippen LogP contribution in [-0.2, 0) is 49.5 Å². The lowest BCUT2D eigenvalue weighted by Crippen LogP contribution is -2.48. The number of rotatable bonds is 29. The van der Waals surface area contributed by atoms with Crippen molar-refractivity contribution in [2.24, 2.45) is 0 Å². The Morgan fingerprint density at radius 2 is 1.65 bits per heavy atom. The van der Waals surface area contributed by atoms with Crippen LogP contribution in [0.1, 0.15) is 134 Å². The molecular weight excluding hydrogens is 876 g/mol. The Morgan fingerprint density at radius 1 is 0.954 bits per heavy atom. The molecule has 14 nitrogen and oxygen atoms in total. The van der Waals surface area contributed by atoms with Crippen molar-refractivity contribution in [3.8, 4) is 11.8 Å². The van der Waals surface area contributed by atoms with Gasteiger partial charge in [-0.05, 0) is 75.2 Å². The molecule has 4 heterocycles. The zero-order chi connectivity index (χ0) is 46.3. The van der Waals surface area contributed by atoms with E-state index in [2.05, 4.69) is 17.0 Å². The molecule has 0 aliphatic carbocycles. The number of phosphoric acid groups is 1. The van der Waals surface area contributed by atoms with Gasteiger partial charge in [0.05, 0.1) is 55.4 Å². The number of nitrogens with two attached hydrogens (primary N) is 1. The summed E-state index contributed by atoms with van der Waals surface area (Å²) < 4.78 is 80.9. The van der Waals surface area contributed by atoms with E-state index < -0.39 is 42.8 Å². The highest BCUT2D eigenvalue weighted by Crippen LogP contribution is 2.57. The summed E-state index contributed by atoms with van der Waals surface area (Å²) in [5.41, 5.74) is 5.55. The molecular formula is C48H66ClFN5O9P. The molecule has 0 saturated carbocycles. The molecule has 2 N–H and O–H groups in total. The zero-order valence-electron chi connectivity index (χ0n) is 38.3. The number of nitrogens with zero attached hydrogens (tertiary/aromatic N) is 4. The molecule has 356 valence electrons. The second kappa shape index (κ2) is 23.9. The normalized spacial score (nSPS) is 21.6. The number of nitriles is 1. The highest BCUT2D eigenvalue weighted by atomic mass is 35.5. The number of aromatic nitrogens is 3. The lowest BCUT2D eigenvalue weighted by molar-refractivity contribution is -0.208. The van der Waals surface area contributed by atoms with E-state index >= 15 is 0 Å². The van der Waals surface area contributed by atoms with Crippen molar-refractivity contribution in [1.82, 2.24) is 14.6 Å². The summed E-state index contributed by atoms with van der Waals surface area (Å²) in [7, 11) is -4.55. The first-order chi connectivity index (χ1) is 31.3. The van der Waals surface area contributed by atoms with E-state index in [1.807, 2.05) is 12.1 Å². The molecule has 2 aliphatic heterocycles. The van der Waals surface area contributed by atoms with Crippen molar-refractivity contribution >= 4 is 30.8 Å². The fourth-order valence-electron chi connectivity index (χ4n) is 8.50. The van der Waals surface area contributed by atoms with E-state index in [1.54, 1.807) is 61.7 Å². The molecule has 2 saturated heterocycles. The lowest BCUT2D eigenvalue weighted by atomic mass is 9.86. The molecule has 2 aliphatic rings. The summed E-state index contributed by atoms with van der Waals surface area (Å²) in [4.78, 5) is 4.12. The smallest absolute Gasteiger partial charge is 0.402 e. The Morgan fingerprint density at radius 3 is 2.34 bits per heavy atom. The van der Waals surface area contributed by atoms with Crippen LogP contribution in [0.4, 0.5) is 10.2 Å². The minimum atomic E-state index is -4.55. The largest absolute Gasteiger partial charge is 0.530 e. The third-order valence-electron chi connectivity index (χ3n) is 11.8. The van der Waals surface area contributed by atoms with E-state index in [-0.39, 0.29) is 49.4 Å². The SMILES string of the molecule is CCCCCCCCCCCCCCCCOC[C@@H](COP(=O)(OC[C@@]1(C)OC[C@]2(c3ccc4c(N)ncnn34)OC(C)(C)O[C@H]12)Oc1ccccc1Cl)OCc1cc(F)cc(C#N)c1. The Balaban J connectivity index is 1.09. The first kappa shape index (κ1) is 50.7. The number of fused-ring (bicyclic) bond motifs is 2. The molecule has 0 radical (unpaired) electrons. The summed E-state index contributed by atoms with van der Waals surface area (Å²) in [5.74, 6) is -1.26. The van der Waals surface area contributed by atoms with E-state index in [1.165, 1.54) is 83.0 Å². The molecule has 0 bridgehead atoms. The molecule has 2 aromatic heterocycles. The zero-order valence-corrected chi connectivity index (χ0v) is 40.0. The molecule has 6 rings (SSSR count). The van der Waals surface area contributed by atoms with Crippen molar-refractivity contribution in [1.29, 1.82) is 5.26 Å². The summed E-state index contributed by atoms with van der Waals surface area (Å²) in [6.07, 6.45) is 17.2. The van der Waals surface area contributed by atoms with Gasteiger partial charge in [-0.15, -0.1) is 0 Å². The van der Waals surface area contributed by atoms with Crippen molar-refractivity contribution in [2.45, 2.75) is 153 Å². The highest BCUT2D eigenvalue weighted by Gasteiger charge is 2.68. The third-order valence-corrected chi connectivity index (χ3v) is 13.5. The number of benzene rings is 2. The maximum atomic E-state index is 14.8. The summed E-state index contributed by atoms with van der Waals surface area (Å²) in [6, 6.07) is 16.1. The average Bonchev–Trinajstić information content (AvgIpc) is 3.93. The van der Waals surface area contributed by atoms with Crippen LogP contribution in [-0.4, -0.2) is 71.2 Å². The van der Waals surface area contributed by atoms with Crippen LogP contribution in [0.5, 0.6) is 5.75 Å². The van der Waals surface area contributed by atoms with Crippen LogP contribution in [0.2, 0.25) is 5.02 Å². The maximum Gasteiger partial charge on any atom is 0.530 e. The molecule has 2 aromatic carbocycles. The lowest BCUT2D eigenvalue weighted by Gasteiger charge is -2.32. The number of halogens is 2. The van der Waals surface area contributed by atoms with Crippen LogP contribution in [0.25, 0.3) is 5.52 Å². The van der Waals surface area contributed by atoms with Gasteiger partial charge >= 0.3 is 7.82 Å². The number of ether oxygens (including phenoxy) is 5. The quantitative estimate of drug-likeness (QED) is 0.0403. The first-order valence-corrected chi connectivity index (χ1v) is 25.0. The number of phosphoric ester groups is 1. The minimum Gasteiger partial charge on any atom is -0.402 e. The van der Waals surface area contributed by atoms with Gasteiger partial charge in [-0.25, -0.2) is 18.5 Å². The van der Waals surface area contributed by atoms with Crippen molar-refractivity contribution in [3.05, 3.63) is 88.6 Å². The number of anilines is 1. The van der Waals surface area contributed by atoms with Gasteiger partial charge in [0, 0.05) is 6.61 Å². The topological polar surface area (TPSA) is 171 Å². The number of hydrogen-bond donors (Lipinski definition) is 1. The number of nitrogen functional groups attached to an aromatic ring is 1. The van der Waals surface area contributed by atoms with Crippen LogP contribution < -0.4 is 10.3 Å². The fraction of sp³-hybridized carbons (Fsp3) is 0.604. The van der Waals surface area contributed by atoms with Gasteiger partial charge in [0.25, 0.3) is 0 Å². The summed E-state index contributed by atoms with van der Waals surface area (Å²) >= 11 is 6.48. The second-order valence-electron chi connectivity index (χ2n) is 17.8. The van der Waals surface area contributed by atoms with Crippen LogP contribution >= 0.6 is 19.4 Å². The Kier molecular flexibility index (Phi) is 18.6. The van der Waals surface area contributed by atoms with Crippen LogP contribution in [0.3, 0.4) is 0 Å². The Labute approximate surface area is 388 Å². The molecule has 17 heteroatoms. The molecule has 1 unspecified atom stereocenters. The van der Waals surface area contributed by atoms with Gasteiger partial charge in [-0.3, -0.25) is 9.05 Å². The van der Waals surface area contributed by atoms with E-state index in [9.17, 15) is 14.2 Å². The van der Waals surface area contributed by atoms with Crippen LogP contribution in [0.15, 0.2) is 60.9 Å². The van der Waals surface area contributed by atoms with Gasteiger partial charge in [0.1, 0.15) is 41.2 Å². The second-order valence-corrected chi connectivity index (χ2v) is 19.8. The van der Waals surface area contributed by atoms with Gasteiger partial charge in [-0.2, -0.15) is 10.4 Å². The van der Waals surface area contributed by atoms with Gasteiger partial charge < -0.3 is 33.9 Å². The fourth-order valence-corrected chi connectivity index (χ4v) is 10.1. The molecule has 2 fully saturated rings. The van der Waals surface area contributed by atoms with E-state index in [4.69, 9.17) is 54.6 Å². The number of para-hydroxylation sites is 1. The average molecular weight is 943 g/mol. The Hall–Kier alpha value is -3.68. The molecule has 4 aromatic rings. The van der Waals surface area contributed by atoms with Crippen molar-refractivity contribution < 1.29 is 46.2 Å². The number of unbranched alkanes of at least 4 members (excludes halogenated alkanes) is 13. The molecule has 0 amide bonds. The molecule has 5 atom stereocenters.